The van der Waals surface area contributed by atoms with Crippen LogP contribution < -0.4 is 0 Å². The third-order valence-corrected chi connectivity index (χ3v) is 3.52. The lowest BCUT2D eigenvalue weighted by Gasteiger charge is -2.22. The van der Waals surface area contributed by atoms with Crippen molar-refractivity contribution in [2.24, 2.45) is 0 Å². The molecule has 1 N–H and O–H groups in total. The van der Waals surface area contributed by atoms with Crippen LogP contribution >= 0.6 is 11.6 Å². The molecule has 1 aromatic carbocycles. The lowest BCUT2D eigenvalue weighted by atomic mass is 10.2. The molecular weight excluding hydrogens is 288 g/mol. The lowest BCUT2D eigenvalue weighted by molar-refractivity contribution is 0.140. The summed E-state index contributed by atoms with van der Waals surface area (Å²) < 4.78 is 5.17. The number of hydrogen-bond acceptors (Lipinski definition) is 4. The number of phenols is 1. The molecule has 0 saturated heterocycles. The number of rotatable bonds is 7. The number of methoxy groups -OCH3 is 1. The van der Waals surface area contributed by atoms with Crippen LogP contribution in [0.15, 0.2) is 42.7 Å². The van der Waals surface area contributed by atoms with Gasteiger partial charge in [0.25, 0.3) is 0 Å². The SMILES string of the molecule is COCCN(Cc1cccnc1)Cc1ccc(O)cc1Cl. The zero-order valence-electron chi connectivity index (χ0n) is 12.0. The van der Waals surface area contributed by atoms with E-state index >= 15 is 0 Å². The molecule has 2 aromatic rings. The molecular formula is C16H19ClN2O2. The number of nitrogens with zero attached hydrogens (tertiary/aromatic N) is 2. The number of halogens is 1. The Balaban J connectivity index is 2.08. The maximum Gasteiger partial charge on any atom is 0.117 e. The minimum Gasteiger partial charge on any atom is -0.508 e. The van der Waals surface area contributed by atoms with Gasteiger partial charge in [-0.05, 0) is 29.3 Å². The molecule has 0 bridgehead atoms. The van der Waals surface area contributed by atoms with Crippen LogP contribution in [-0.4, -0.2) is 35.3 Å². The molecule has 0 aliphatic rings. The Morgan fingerprint density at radius 3 is 2.81 bits per heavy atom. The van der Waals surface area contributed by atoms with Crippen LogP contribution in [0.4, 0.5) is 0 Å². The predicted molar refractivity (Wildman–Crippen MR) is 83.3 cm³/mol. The second-order valence-corrected chi connectivity index (χ2v) is 5.25. The van der Waals surface area contributed by atoms with Crippen molar-refractivity contribution >= 4 is 11.6 Å². The van der Waals surface area contributed by atoms with Gasteiger partial charge in [0.1, 0.15) is 5.75 Å². The summed E-state index contributed by atoms with van der Waals surface area (Å²) in [5, 5.41) is 9.99. The Hall–Kier alpha value is -1.62. The van der Waals surface area contributed by atoms with Crippen LogP contribution in [0.3, 0.4) is 0 Å². The van der Waals surface area contributed by atoms with E-state index in [4.69, 9.17) is 16.3 Å². The number of pyridine rings is 1. The molecule has 0 aliphatic carbocycles. The fourth-order valence-corrected chi connectivity index (χ4v) is 2.32. The Morgan fingerprint density at radius 1 is 1.29 bits per heavy atom. The summed E-state index contributed by atoms with van der Waals surface area (Å²) in [4.78, 5) is 6.37. The fourth-order valence-electron chi connectivity index (χ4n) is 2.09. The summed E-state index contributed by atoms with van der Waals surface area (Å²) in [6.07, 6.45) is 3.62. The molecule has 4 nitrogen and oxygen atoms in total. The minimum atomic E-state index is 0.180. The number of ether oxygens (including phenoxy) is 1. The van der Waals surface area contributed by atoms with Crippen LogP contribution in [0, 0.1) is 0 Å². The van der Waals surface area contributed by atoms with Gasteiger partial charge in [0.05, 0.1) is 6.61 Å². The molecule has 0 radical (unpaired) electrons. The van der Waals surface area contributed by atoms with Gasteiger partial charge in [-0.2, -0.15) is 0 Å². The molecule has 0 unspecified atom stereocenters. The van der Waals surface area contributed by atoms with Gasteiger partial charge >= 0.3 is 0 Å². The monoisotopic (exact) mass is 306 g/mol. The van der Waals surface area contributed by atoms with Gasteiger partial charge in [-0.25, -0.2) is 0 Å². The van der Waals surface area contributed by atoms with E-state index in [0.717, 1.165) is 24.2 Å². The summed E-state index contributed by atoms with van der Waals surface area (Å²) in [5.74, 6) is 0.180. The third-order valence-electron chi connectivity index (χ3n) is 3.17. The zero-order chi connectivity index (χ0) is 15.1. The predicted octanol–water partition coefficient (Wildman–Crippen LogP) is 3.09. The summed E-state index contributed by atoms with van der Waals surface area (Å²) in [5.41, 5.74) is 2.12. The molecule has 21 heavy (non-hydrogen) atoms. The number of aromatic hydroxyl groups is 1. The van der Waals surface area contributed by atoms with Crippen molar-refractivity contribution in [3.63, 3.8) is 0 Å². The molecule has 0 spiro atoms. The lowest BCUT2D eigenvalue weighted by Crippen LogP contribution is -2.26. The first-order valence-corrected chi connectivity index (χ1v) is 7.14. The smallest absolute Gasteiger partial charge is 0.117 e. The normalized spacial score (nSPS) is 11.0. The quantitative estimate of drug-likeness (QED) is 0.854. The summed E-state index contributed by atoms with van der Waals surface area (Å²) in [6, 6.07) is 9.04. The highest BCUT2D eigenvalue weighted by molar-refractivity contribution is 6.31. The van der Waals surface area contributed by atoms with Gasteiger partial charge in [0, 0.05) is 44.2 Å². The van der Waals surface area contributed by atoms with Gasteiger partial charge in [-0.3, -0.25) is 9.88 Å². The average Bonchev–Trinajstić information content (AvgIpc) is 2.48. The van der Waals surface area contributed by atoms with Crippen molar-refractivity contribution in [3.05, 3.63) is 58.9 Å². The summed E-state index contributed by atoms with van der Waals surface area (Å²) >= 11 is 6.18. The number of benzene rings is 1. The molecule has 112 valence electrons. The zero-order valence-corrected chi connectivity index (χ0v) is 12.8. The van der Waals surface area contributed by atoms with Crippen LogP contribution in [-0.2, 0) is 17.8 Å². The van der Waals surface area contributed by atoms with E-state index in [1.54, 1.807) is 25.4 Å². The minimum absolute atomic E-state index is 0.180. The maximum atomic E-state index is 9.42. The summed E-state index contributed by atoms with van der Waals surface area (Å²) in [7, 11) is 1.69. The molecule has 5 heteroatoms. The molecule has 0 aliphatic heterocycles. The Morgan fingerprint density at radius 2 is 2.14 bits per heavy atom. The van der Waals surface area contributed by atoms with Crippen LogP contribution in [0.25, 0.3) is 0 Å². The highest BCUT2D eigenvalue weighted by Gasteiger charge is 2.10. The first-order chi connectivity index (χ1) is 10.2. The molecule has 0 saturated carbocycles. The van der Waals surface area contributed by atoms with Crippen LogP contribution in [0.1, 0.15) is 11.1 Å². The number of hydrogen-bond donors (Lipinski definition) is 1. The standard InChI is InChI=1S/C16H19ClN2O2/c1-21-8-7-19(11-13-3-2-6-18-10-13)12-14-4-5-15(20)9-16(14)17/h2-6,9-10,20H,7-8,11-12H2,1H3. The second kappa shape index (κ2) is 7.98. The second-order valence-electron chi connectivity index (χ2n) is 4.84. The van der Waals surface area contributed by atoms with E-state index in [0.29, 0.717) is 18.2 Å². The van der Waals surface area contributed by atoms with E-state index < -0.39 is 0 Å². The third kappa shape index (κ3) is 5.01. The Labute approximate surface area is 130 Å². The highest BCUT2D eigenvalue weighted by atomic mass is 35.5. The number of aromatic nitrogens is 1. The summed E-state index contributed by atoms with van der Waals surface area (Å²) in [6.45, 7) is 2.91. The van der Waals surface area contributed by atoms with Crippen molar-refractivity contribution in [2.45, 2.75) is 13.1 Å². The molecule has 0 fully saturated rings. The van der Waals surface area contributed by atoms with E-state index in [-0.39, 0.29) is 5.75 Å². The largest absolute Gasteiger partial charge is 0.508 e. The van der Waals surface area contributed by atoms with Crippen LogP contribution in [0.5, 0.6) is 5.75 Å². The fraction of sp³-hybridized carbons (Fsp3) is 0.312. The van der Waals surface area contributed by atoms with Gasteiger partial charge in [-0.15, -0.1) is 0 Å². The van der Waals surface area contributed by atoms with Crippen molar-refractivity contribution in [3.8, 4) is 5.75 Å². The first kappa shape index (κ1) is 15.8. The van der Waals surface area contributed by atoms with Gasteiger partial charge in [0.2, 0.25) is 0 Å². The molecule has 0 amide bonds. The van der Waals surface area contributed by atoms with Crippen molar-refractivity contribution < 1.29 is 9.84 Å². The Bertz CT molecular complexity index is 563. The van der Waals surface area contributed by atoms with E-state index in [2.05, 4.69) is 9.88 Å². The molecule has 2 rings (SSSR count). The molecule has 1 aromatic heterocycles. The first-order valence-electron chi connectivity index (χ1n) is 6.76. The molecule has 0 atom stereocenters. The average molecular weight is 307 g/mol. The van der Waals surface area contributed by atoms with Crippen LogP contribution in [0.2, 0.25) is 5.02 Å². The Kier molecular flexibility index (Phi) is 5.99. The van der Waals surface area contributed by atoms with Crippen molar-refractivity contribution in [1.82, 2.24) is 9.88 Å². The van der Waals surface area contributed by atoms with E-state index in [9.17, 15) is 5.11 Å². The van der Waals surface area contributed by atoms with Crippen molar-refractivity contribution in [2.75, 3.05) is 20.3 Å². The van der Waals surface area contributed by atoms with Crippen molar-refractivity contribution in [1.29, 1.82) is 0 Å². The van der Waals surface area contributed by atoms with Gasteiger partial charge in [-0.1, -0.05) is 23.7 Å². The van der Waals surface area contributed by atoms with Gasteiger partial charge in [0.15, 0.2) is 0 Å². The maximum absolute atomic E-state index is 9.42. The van der Waals surface area contributed by atoms with Gasteiger partial charge < -0.3 is 9.84 Å². The highest BCUT2D eigenvalue weighted by Crippen LogP contribution is 2.23. The topological polar surface area (TPSA) is 45.6 Å². The number of phenolic OH excluding ortho intramolecular Hbond substituents is 1. The molecule has 1 heterocycles. The van der Waals surface area contributed by atoms with E-state index in [1.807, 2.05) is 24.4 Å². The van der Waals surface area contributed by atoms with E-state index in [1.165, 1.54) is 0 Å².